The number of benzene rings is 1. The van der Waals surface area contributed by atoms with E-state index in [0.717, 1.165) is 12.1 Å². The number of nitrogens with zero attached hydrogens (tertiary/aromatic N) is 2. The highest BCUT2D eigenvalue weighted by molar-refractivity contribution is 6.04. The van der Waals surface area contributed by atoms with Crippen LogP contribution in [0.5, 0.6) is 11.5 Å². The molecule has 2 atom stereocenters. The fraction of sp³-hybridized carbons (Fsp3) is 0.389. The van der Waals surface area contributed by atoms with E-state index in [1.54, 1.807) is 28.9 Å². The van der Waals surface area contributed by atoms with Crippen LogP contribution in [0, 0.1) is 6.92 Å². The van der Waals surface area contributed by atoms with Gasteiger partial charge in [0.1, 0.15) is 5.82 Å². The quantitative estimate of drug-likeness (QED) is 0.752. The Bertz CT molecular complexity index is 894. The van der Waals surface area contributed by atoms with Crippen LogP contribution < -0.4 is 25.4 Å². The highest BCUT2D eigenvalue weighted by Gasteiger charge is 2.28. The van der Waals surface area contributed by atoms with Crippen molar-refractivity contribution in [1.82, 2.24) is 20.4 Å². The summed E-state index contributed by atoms with van der Waals surface area (Å²) >= 11 is 0. The van der Waals surface area contributed by atoms with E-state index in [9.17, 15) is 9.59 Å². The summed E-state index contributed by atoms with van der Waals surface area (Å²) in [7, 11) is 0. The molecule has 0 saturated carbocycles. The summed E-state index contributed by atoms with van der Waals surface area (Å²) in [6, 6.07) is 6.83. The van der Waals surface area contributed by atoms with Gasteiger partial charge in [0.2, 0.25) is 12.7 Å². The molecule has 0 radical (unpaired) electrons. The third kappa shape index (κ3) is 3.45. The number of hydrogen-bond donors (Lipinski definition) is 3. The van der Waals surface area contributed by atoms with E-state index in [4.69, 9.17) is 9.47 Å². The minimum absolute atomic E-state index is 0.0493. The van der Waals surface area contributed by atoms with E-state index in [1.165, 1.54) is 0 Å². The first-order chi connectivity index (χ1) is 13.0. The number of ether oxygens (including phenoxy) is 2. The maximum atomic E-state index is 12.7. The molecule has 2 aromatic rings. The SMILES string of the molecule is CCC1CC(=O)NC(n2nc(C)cc2NC(=O)c2ccc3c(c2)OCO3)N1. The number of aromatic nitrogens is 2. The van der Waals surface area contributed by atoms with Crippen LogP contribution in [-0.2, 0) is 4.79 Å². The average molecular weight is 371 g/mol. The third-order valence-corrected chi connectivity index (χ3v) is 4.59. The van der Waals surface area contributed by atoms with Crippen LogP contribution >= 0.6 is 0 Å². The minimum atomic E-state index is -0.517. The highest BCUT2D eigenvalue weighted by Crippen LogP contribution is 2.32. The zero-order valence-electron chi connectivity index (χ0n) is 15.1. The van der Waals surface area contributed by atoms with Gasteiger partial charge < -0.3 is 20.1 Å². The lowest BCUT2D eigenvalue weighted by Crippen LogP contribution is -2.53. The van der Waals surface area contributed by atoms with Gasteiger partial charge in [-0.2, -0.15) is 5.10 Å². The Morgan fingerprint density at radius 3 is 2.96 bits per heavy atom. The standard InChI is InChI=1S/C18H21N5O4/c1-3-12-8-16(24)21-18(19-12)23-15(6-10(2)22-23)20-17(25)11-4-5-13-14(7-11)27-9-26-13/h4-7,12,18-19H,3,8-9H2,1-2H3,(H,20,25)(H,21,24). The summed E-state index contributed by atoms with van der Waals surface area (Å²) in [4.78, 5) is 24.7. The molecular weight excluding hydrogens is 350 g/mol. The molecule has 9 heteroatoms. The number of hydrogen-bond acceptors (Lipinski definition) is 6. The predicted octanol–water partition coefficient (Wildman–Crippen LogP) is 1.52. The van der Waals surface area contributed by atoms with E-state index in [1.807, 2.05) is 13.8 Å². The van der Waals surface area contributed by atoms with Crippen LogP contribution in [0.25, 0.3) is 0 Å². The molecule has 0 spiro atoms. The van der Waals surface area contributed by atoms with Crippen LogP contribution in [0.4, 0.5) is 5.82 Å². The highest BCUT2D eigenvalue weighted by atomic mass is 16.7. The smallest absolute Gasteiger partial charge is 0.256 e. The van der Waals surface area contributed by atoms with Crippen molar-refractivity contribution in [1.29, 1.82) is 0 Å². The lowest BCUT2D eigenvalue weighted by atomic mass is 10.1. The summed E-state index contributed by atoms with van der Waals surface area (Å²) < 4.78 is 12.2. The molecule has 2 amide bonds. The molecule has 9 nitrogen and oxygen atoms in total. The Kier molecular flexibility index (Phi) is 4.44. The van der Waals surface area contributed by atoms with Gasteiger partial charge in [0, 0.05) is 24.1 Å². The van der Waals surface area contributed by atoms with Crippen molar-refractivity contribution >= 4 is 17.6 Å². The van der Waals surface area contributed by atoms with Crippen molar-refractivity contribution < 1.29 is 19.1 Å². The maximum Gasteiger partial charge on any atom is 0.256 e. The summed E-state index contributed by atoms with van der Waals surface area (Å²) in [5, 5.41) is 13.5. The zero-order chi connectivity index (χ0) is 19.0. The van der Waals surface area contributed by atoms with Crippen molar-refractivity contribution in [2.45, 2.75) is 39.0 Å². The second kappa shape index (κ2) is 6.92. The third-order valence-electron chi connectivity index (χ3n) is 4.59. The lowest BCUT2D eigenvalue weighted by molar-refractivity contribution is -0.125. The number of carbonyl (C=O) groups excluding carboxylic acids is 2. The average Bonchev–Trinajstić information content (AvgIpc) is 3.26. The molecule has 1 saturated heterocycles. The molecule has 1 aromatic heterocycles. The second-order valence-corrected chi connectivity index (χ2v) is 6.58. The largest absolute Gasteiger partial charge is 0.454 e. The molecule has 0 bridgehead atoms. The summed E-state index contributed by atoms with van der Waals surface area (Å²) in [6.45, 7) is 4.00. The number of fused-ring (bicyclic) bond motifs is 1. The molecule has 2 aliphatic heterocycles. The van der Waals surface area contributed by atoms with Crippen LogP contribution in [0.1, 0.15) is 42.1 Å². The van der Waals surface area contributed by atoms with E-state index < -0.39 is 6.29 Å². The monoisotopic (exact) mass is 371 g/mol. The van der Waals surface area contributed by atoms with Gasteiger partial charge in [0.25, 0.3) is 5.91 Å². The predicted molar refractivity (Wildman–Crippen MR) is 96.5 cm³/mol. The fourth-order valence-electron chi connectivity index (χ4n) is 3.19. The molecule has 1 aromatic carbocycles. The Labute approximate surface area is 156 Å². The number of amides is 2. The van der Waals surface area contributed by atoms with Gasteiger partial charge in [-0.1, -0.05) is 6.92 Å². The number of carbonyl (C=O) groups is 2. The molecule has 3 heterocycles. The van der Waals surface area contributed by atoms with Crippen LogP contribution in [0.2, 0.25) is 0 Å². The Morgan fingerprint density at radius 2 is 2.15 bits per heavy atom. The van der Waals surface area contributed by atoms with Gasteiger partial charge in [-0.25, -0.2) is 4.68 Å². The van der Waals surface area contributed by atoms with Crippen molar-refractivity contribution in [3.63, 3.8) is 0 Å². The van der Waals surface area contributed by atoms with E-state index >= 15 is 0 Å². The topological polar surface area (TPSA) is 107 Å². The molecule has 1 fully saturated rings. The lowest BCUT2D eigenvalue weighted by Gasteiger charge is -2.31. The molecule has 2 unspecified atom stereocenters. The first kappa shape index (κ1) is 17.3. The molecule has 27 heavy (non-hydrogen) atoms. The molecule has 0 aliphatic carbocycles. The summed E-state index contributed by atoms with van der Waals surface area (Å²) in [5.41, 5.74) is 1.17. The van der Waals surface area contributed by atoms with Gasteiger partial charge in [-0.15, -0.1) is 0 Å². The van der Waals surface area contributed by atoms with Gasteiger partial charge in [0.15, 0.2) is 17.8 Å². The number of aryl methyl sites for hydroxylation is 1. The molecule has 3 N–H and O–H groups in total. The van der Waals surface area contributed by atoms with Crippen molar-refractivity contribution in [2.24, 2.45) is 0 Å². The van der Waals surface area contributed by atoms with Crippen molar-refractivity contribution in [2.75, 3.05) is 12.1 Å². The van der Waals surface area contributed by atoms with Crippen molar-refractivity contribution in [3.05, 3.63) is 35.5 Å². The molecule has 4 rings (SSSR count). The van der Waals surface area contributed by atoms with Gasteiger partial charge in [-0.05, 0) is 31.5 Å². The Morgan fingerprint density at radius 1 is 1.33 bits per heavy atom. The molecule has 142 valence electrons. The van der Waals surface area contributed by atoms with Crippen LogP contribution in [0.3, 0.4) is 0 Å². The minimum Gasteiger partial charge on any atom is -0.454 e. The van der Waals surface area contributed by atoms with E-state index in [-0.39, 0.29) is 24.6 Å². The van der Waals surface area contributed by atoms with Crippen molar-refractivity contribution in [3.8, 4) is 11.5 Å². The number of rotatable bonds is 4. The Hall–Kier alpha value is -3.07. The summed E-state index contributed by atoms with van der Waals surface area (Å²) in [6.07, 6.45) is 0.729. The fourth-order valence-corrected chi connectivity index (χ4v) is 3.19. The molecule has 2 aliphatic rings. The summed E-state index contributed by atoms with van der Waals surface area (Å²) in [5.74, 6) is 1.30. The Balaban J connectivity index is 1.56. The number of nitrogens with one attached hydrogen (secondary N) is 3. The van der Waals surface area contributed by atoms with Gasteiger partial charge >= 0.3 is 0 Å². The maximum absolute atomic E-state index is 12.7. The molecular formula is C18H21N5O4. The number of anilines is 1. The first-order valence-corrected chi connectivity index (χ1v) is 8.86. The van der Waals surface area contributed by atoms with Crippen LogP contribution in [0.15, 0.2) is 24.3 Å². The first-order valence-electron chi connectivity index (χ1n) is 8.86. The normalized spacial score (nSPS) is 21.0. The van der Waals surface area contributed by atoms with Gasteiger partial charge in [-0.3, -0.25) is 14.9 Å². The van der Waals surface area contributed by atoms with E-state index in [2.05, 4.69) is 21.0 Å². The second-order valence-electron chi connectivity index (χ2n) is 6.58. The van der Waals surface area contributed by atoms with Gasteiger partial charge in [0.05, 0.1) is 5.69 Å². The zero-order valence-corrected chi connectivity index (χ0v) is 15.1. The van der Waals surface area contributed by atoms with Crippen LogP contribution in [-0.4, -0.2) is 34.4 Å². The van der Waals surface area contributed by atoms with E-state index in [0.29, 0.717) is 29.3 Å².